The molecule has 1 heterocycles. The molecule has 2 aromatic rings. The molecule has 1 aromatic carbocycles. The van der Waals surface area contributed by atoms with Crippen molar-refractivity contribution in [3.63, 3.8) is 0 Å². The predicted molar refractivity (Wildman–Crippen MR) is 83.7 cm³/mol. The highest BCUT2D eigenvalue weighted by Gasteiger charge is 2.17. The second kappa shape index (κ2) is 8.04. The van der Waals surface area contributed by atoms with Crippen LogP contribution in [-0.4, -0.2) is 22.1 Å². The minimum absolute atomic E-state index is 0.0206. The molecule has 1 aliphatic rings. The summed E-state index contributed by atoms with van der Waals surface area (Å²) in [5.74, 6) is -1.22. The lowest BCUT2D eigenvalue weighted by molar-refractivity contribution is -0.121. The first-order chi connectivity index (χ1) is 12.1. The molecule has 0 atom stereocenters. The van der Waals surface area contributed by atoms with Gasteiger partial charge in [-0.2, -0.15) is 4.98 Å². The van der Waals surface area contributed by atoms with Crippen molar-refractivity contribution in [3.8, 4) is 5.75 Å². The van der Waals surface area contributed by atoms with E-state index in [-0.39, 0.29) is 42.4 Å². The van der Waals surface area contributed by atoms with Crippen molar-refractivity contribution < 1.29 is 22.8 Å². The van der Waals surface area contributed by atoms with Crippen molar-refractivity contribution >= 4 is 5.91 Å². The van der Waals surface area contributed by atoms with E-state index in [4.69, 9.17) is 9.26 Å². The van der Waals surface area contributed by atoms with E-state index in [2.05, 4.69) is 15.5 Å². The van der Waals surface area contributed by atoms with E-state index in [0.29, 0.717) is 0 Å². The van der Waals surface area contributed by atoms with E-state index in [1.165, 1.54) is 6.42 Å². The summed E-state index contributed by atoms with van der Waals surface area (Å²) in [6, 6.07) is 3.08. The van der Waals surface area contributed by atoms with Gasteiger partial charge in [0.2, 0.25) is 5.91 Å². The molecule has 8 heteroatoms. The monoisotopic (exact) mass is 351 g/mol. The number of nitrogens with one attached hydrogen (secondary N) is 1. The molecule has 1 saturated carbocycles. The fourth-order valence-electron chi connectivity index (χ4n) is 2.85. The third-order valence-electron chi connectivity index (χ3n) is 4.00. The number of carbonyl (C=O) groups is 1. The zero-order chi connectivity index (χ0) is 17.6. The molecule has 0 aliphatic heterocycles. The van der Waals surface area contributed by atoms with Gasteiger partial charge in [0.15, 0.2) is 12.4 Å². The Morgan fingerprint density at radius 1 is 1.20 bits per heavy atom. The molecule has 25 heavy (non-hydrogen) atoms. The van der Waals surface area contributed by atoms with Crippen molar-refractivity contribution in [2.75, 3.05) is 0 Å². The van der Waals surface area contributed by atoms with Gasteiger partial charge in [-0.05, 0) is 12.8 Å². The second-order valence-corrected chi connectivity index (χ2v) is 6.08. The van der Waals surface area contributed by atoms with Crippen molar-refractivity contribution in [1.82, 2.24) is 15.5 Å². The van der Waals surface area contributed by atoms with Crippen LogP contribution in [0.5, 0.6) is 5.75 Å². The fraction of sp³-hybridized carbons (Fsp3) is 0.471. The number of nitrogens with zero attached hydrogens (tertiary/aromatic N) is 2. The van der Waals surface area contributed by atoms with Crippen LogP contribution in [0.15, 0.2) is 22.7 Å². The van der Waals surface area contributed by atoms with Crippen LogP contribution in [0.25, 0.3) is 0 Å². The van der Waals surface area contributed by atoms with Gasteiger partial charge in [0.05, 0.1) is 6.42 Å². The number of ether oxygens (including phenoxy) is 1. The maximum Gasteiger partial charge on any atom is 0.264 e. The number of carbonyl (C=O) groups excluding carboxylic acids is 1. The number of amides is 1. The Labute approximate surface area is 143 Å². The van der Waals surface area contributed by atoms with E-state index in [1.54, 1.807) is 0 Å². The van der Waals surface area contributed by atoms with E-state index >= 15 is 0 Å². The average Bonchev–Trinajstić information content (AvgIpc) is 3.00. The van der Waals surface area contributed by atoms with E-state index in [1.807, 2.05) is 0 Å². The van der Waals surface area contributed by atoms with Gasteiger partial charge in [-0.15, -0.1) is 0 Å². The maximum absolute atomic E-state index is 13.1. The van der Waals surface area contributed by atoms with Crippen LogP contribution in [0.3, 0.4) is 0 Å². The Morgan fingerprint density at radius 3 is 2.64 bits per heavy atom. The largest absolute Gasteiger partial charge is 0.484 e. The quantitative estimate of drug-likeness (QED) is 0.866. The molecule has 134 valence electrons. The van der Waals surface area contributed by atoms with Crippen LogP contribution >= 0.6 is 0 Å². The van der Waals surface area contributed by atoms with Crippen LogP contribution in [0, 0.1) is 11.6 Å². The summed E-state index contributed by atoms with van der Waals surface area (Å²) in [4.78, 5) is 16.0. The molecule has 1 aromatic heterocycles. The lowest BCUT2D eigenvalue weighted by Crippen LogP contribution is -2.37. The summed E-state index contributed by atoms with van der Waals surface area (Å²) in [6.45, 7) is -0.139. The van der Waals surface area contributed by atoms with E-state index in [9.17, 15) is 13.6 Å². The van der Waals surface area contributed by atoms with Crippen LogP contribution in [0.4, 0.5) is 8.78 Å². The van der Waals surface area contributed by atoms with Crippen molar-refractivity contribution in [2.24, 2.45) is 0 Å². The lowest BCUT2D eigenvalue weighted by atomic mass is 9.95. The Morgan fingerprint density at radius 2 is 1.92 bits per heavy atom. The highest BCUT2D eigenvalue weighted by atomic mass is 19.1. The van der Waals surface area contributed by atoms with Gasteiger partial charge >= 0.3 is 0 Å². The number of hydrogen-bond acceptors (Lipinski definition) is 5. The SMILES string of the molecule is O=C(Cc1noc(COc2cc(F)cc(F)c2)n1)NC1CCCCC1. The van der Waals surface area contributed by atoms with Gasteiger partial charge < -0.3 is 14.6 Å². The number of benzene rings is 1. The molecule has 1 fully saturated rings. The minimum Gasteiger partial charge on any atom is -0.484 e. The lowest BCUT2D eigenvalue weighted by Gasteiger charge is -2.22. The number of aromatic nitrogens is 2. The Kier molecular flexibility index (Phi) is 5.57. The summed E-state index contributed by atoms with van der Waals surface area (Å²) < 4.78 is 36.4. The topological polar surface area (TPSA) is 77.2 Å². The van der Waals surface area contributed by atoms with Gasteiger partial charge in [0.1, 0.15) is 17.4 Å². The smallest absolute Gasteiger partial charge is 0.264 e. The van der Waals surface area contributed by atoms with Crippen LogP contribution in [0.1, 0.15) is 43.8 Å². The fourth-order valence-corrected chi connectivity index (χ4v) is 2.85. The van der Waals surface area contributed by atoms with Gasteiger partial charge in [0, 0.05) is 24.2 Å². The maximum atomic E-state index is 13.1. The molecular formula is C17H19F2N3O3. The molecule has 0 spiro atoms. The van der Waals surface area contributed by atoms with Crippen LogP contribution < -0.4 is 10.1 Å². The molecule has 0 radical (unpaired) electrons. The summed E-state index contributed by atoms with van der Waals surface area (Å²) in [5, 5.41) is 6.69. The third-order valence-corrected chi connectivity index (χ3v) is 4.00. The van der Waals surface area contributed by atoms with E-state index in [0.717, 1.165) is 43.9 Å². The molecule has 1 aliphatic carbocycles. The molecule has 0 bridgehead atoms. The minimum atomic E-state index is -0.736. The van der Waals surface area contributed by atoms with Crippen molar-refractivity contribution in [2.45, 2.75) is 51.2 Å². The Bertz CT molecular complexity index is 709. The summed E-state index contributed by atoms with van der Waals surface area (Å²) in [6.07, 6.45) is 5.51. The summed E-state index contributed by atoms with van der Waals surface area (Å²) in [5.41, 5.74) is 0. The summed E-state index contributed by atoms with van der Waals surface area (Å²) >= 11 is 0. The first kappa shape index (κ1) is 17.3. The Hall–Kier alpha value is -2.51. The number of hydrogen-bond donors (Lipinski definition) is 1. The molecule has 1 amide bonds. The first-order valence-corrected chi connectivity index (χ1v) is 8.28. The van der Waals surface area contributed by atoms with Gasteiger partial charge in [-0.25, -0.2) is 8.78 Å². The molecule has 3 rings (SSSR count). The van der Waals surface area contributed by atoms with Crippen molar-refractivity contribution in [3.05, 3.63) is 41.5 Å². The zero-order valence-electron chi connectivity index (χ0n) is 13.6. The molecule has 0 saturated heterocycles. The third kappa shape index (κ3) is 5.23. The highest BCUT2D eigenvalue weighted by Crippen LogP contribution is 2.18. The van der Waals surface area contributed by atoms with Crippen LogP contribution in [0.2, 0.25) is 0 Å². The predicted octanol–water partition coefficient (Wildman–Crippen LogP) is 2.92. The Balaban J connectivity index is 1.49. The first-order valence-electron chi connectivity index (χ1n) is 8.28. The van der Waals surface area contributed by atoms with Crippen LogP contribution in [-0.2, 0) is 17.8 Å². The number of rotatable bonds is 6. The standard InChI is InChI=1S/C17H19F2N3O3/c18-11-6-12(19)8-14(7-11)24-10-17-21-15(22-25-17)9-16(23)20-13-4-2-1-3-5-13/h6-8,13H,1-5,9-10H2,(H,20,23). The van der Waals surface area contributed by atoms with Gasteiger partial charge in [0.25, 0.3) is 5.89 Å². The normalized spacial score (nSPS) is 15.1. The van der Waals surface area contributed by atoms with Crippen molar-refractivity contribution in [1.29, 1.82) is 0 Å². The average molecular weight is 351 g/mol. The molecule has 6 nitrogen and oxygen atoms in total. The molecule has 0 unspecified atom stereocenters. The van der Waals surface area contributed by atoms with Gasteiger partial charge in [-0.1, -0.05) is 24.4 Å². The molecule has 1 N–H and O–H groups in total. The van der Waals surface area contributed by atoms with E-state index < -0.39 is 11.6 Å². The zero-order valence-corrected chi connectivity index (χ0v) is 13.6. The molecular weight excluding hydrogens is 332 g/mol. The van der Waals surface area contributed by atoms with Gasteiger partial charge in [-0.3, -0.25) is 4.79 Å². The second-order valence-electron chi connectivity index (χ2n) is 6.08. The highest BCUT2D eigenvalue weighted by molar-refractivity contribution is 5.78. The summed E-state index contributed by atoms with van der Waals surface area (Å²) in [7, 11) is 0. The number of halogens is 2.